The number of nitrogens with one attached hydrogen (secondary N) is 1. The number of likely N-dealkylation sites (tertiary alicyclic amines) is 1. The van der Waals surface area contributed by atoms with Crippen molar-refractivity contribution in [3.05, 3.63) is 120 Å². The van der Waals surface area contributed by atoms with E-state index in [-0.39, 0.29) is 11.8 Å². The van der Waals surface area contributed by atoms with Crippen molar-refractivity contribution in [1.29, 1.82) is 0 Å². The number of fused-ring (bicyclic) bond motifs is 1. The quantitative estimate of drug-likeness (QED) is 0.229. The predicted octanol–water partition coefficient (Wildman–Crippen LogP) is 7.02. The number of para-hydroxylation sites is 2. The summed E-state index contributed by atoms with van der Waals surface area (Å²) in [6, 6.07) is 33.6. The topological polar surface area (TPSA) is 55.9 Å². The summed E-state index contributed by atoms with van der Waals surface area (Å²) < 4.78 is 0. The van der Waals surface area contributed by atoms with Crippen molar-refractivity contribution < 1.29 is 9.59 Å². The average Bonchev–Trinajstić information content (AvgIpc) is 3.27. The summed E-state index contributed by atoms with van der Waals surface area (Å²) in [7, 11) is 0. The Morgan fingerprint density at radius 2 is 1.41 bits per heavy atom. The average molecular weight is 587 g/mol. The molecule has 1 N–H and O–H groups in total. The third-order valence-electron chi connectivity index (χ3n) is 8.80. The molecule has 1 fully saturated rings. The van der Waals surface area contributed by atoms with Crippen LogP contribution >= 0.6 is 0 Å². The zero-order valence-corrected chi connectivity index (χ0v) is 25.5. The van der Waals surface area contributed by atoms with Gasteiger partial charge in [-0.15, -0.1) is 0 Å². The van der Waals surface area contributed by atoms with Crippen LogP contribution in [0.25, 0.3) is 11.1 Å². The summed E-state index contributed by atoms with van der Waals surface area (Å²) in [5, 5.41) is 3.07. The highest BCUT2D eigenvalue weighted by atomic mass is 16.2. The maximum atomic E-state index is 14.0. The Balaban J connectivity index is 1.13. The Kier molecular flexibility index (Phi) is 9.68. The van der Waals surface area contributed by atoms with Crippen LogP contribution in [0.5, 0.6) is 0 Å². The van der Waals surface area contributed by atoms with Gasteiger partial charge >= 0.3 is 0 Å². The summed E-state index contributed by atoms with van der Waals surface area (Å²) in [5.74, 6) is -0.141. The normalized spacial score (nSPS) is 15.4. The first-order chi connectivity index (χ1) is 21.7. The molecule has 2 heterocycles. The first-order valence-electron chi connectivity index (χ1n) is 16.1. The van der Waals surface area contributed by atoms with Crippen LogP contribution in [0.3, 0.4) is 0 Å². The number of nitrogens with zero attached hydrogens (tertiary/aromatic N) is 3. The lowest BCUT2D eigenvalue weighted by Crippen LogP contribution is -2.33. The van der Waals surface area contributed by atoms with Crippen molar-refractivity contribution in [2.45, 2.75) is 38.6 Å². The van der Waals surface area contributed by atoms with Gasteiger partial charge in [0.05, 0.1) is 11.4 Å². The molecule has 44 heavy (non-hydrogen) atoms. The maximum absolute atomic E-state index is 14.0. The minimum atomic E-state index is -0.136. The second-order valence-corrected chi connectivity index (χ2v) is 11.8. The number of anilines is 2. The number of hydrogen-bond donors (Lipinski definition) is 1. The van der Waals surface area contributed by atoms with Crippen LogP contribution in [0.1, 0.15) is 58.4 Å². The molecule has 0 radical (unpaired) electrons. The fourth-order valence-electron chi connectivity index (χ4n) is 6.53. The molecule has 6 nitrogen and oxygen atoms in total. The standard InChI is InChI=1S/C38H42N4O2/c43-37(34-19-6-5-18-33(34)31-15-3-1-4-16-31)39-29-30-14-11-17-32(28-30)38(44)42-27-13-26-41(35-20-7-8-21-36(35)42)25-12-24-40-22-9-2-10-23-40/h1,3-8,11,14-21,28H,2,9-10,12-13,22-27,29H2,(H,39,43). The molecule has 0 unspecified atom stereocenters. The van der Waals surface area contributed by atoms with Crippen LogP contribution in [0.4, 0.5) is 11.4 Å². The van der Waals surface area contributed by atoms with Crippen molar-refractivity contribution in [2.75, 3.05) is 49.1 Å². The lowest BCUT2D eigenvalue weighted by molar-refractivity contribution is 0.0950. The van der Waals surface area contributed by atoms with Gasteiger partial charge in [0.25, 0.3) is 11.8 Å². The van der Waals surface area contributed by atoms with Crippen molar-refractivity contribution in [3.63, 3.8) is 0 Å². The Hall–Kier alpha value is -4.42. The largest absolute Gasteiger partial charge is 0.370 e. The van der Waals surface area contributed by atoms with Crippen LogP contribution in [-0.2, 0) is 6.54 Å². The van der Waals surface area contributed by atoms with Crippen LogP contribution in [-0.4, -0.2) is 56.0 Å². The van der Waals surface area contributed by atoms with E-state index in [1.807, 2.05) is 89.8 Å². The van der Waals surface area contributed by atoms with E-state index >= 15 is 0 Å². The lowest BCUT2D eigenvalue weighted by Gasteiger charge is -2.29. The van der Waals surface area contributed by atoms with E-state index in [2.05, 4.69) is 33.3 Å². The third kappa shape index (κ3) is 7.03. The smallest absolute Gasteiger partial charge is 0.258 e. The number of rotatable bonds is 9. The Morgan fingerprint density at radius 3 is 2.25 bits per heavy atom. The van der Waals surface area contributed by atoms with E-state index in [9.17, 15) is 9.59 Å². The fraction of sp³-hybridized carbons (Fsp3) is 0.316. The van der Waals surface area contributed by atoms with Gasteiger partial charge < -0.3 is 20.0 Å². The SMILES string of the molecule is O=C(NCc1cccc(C(=O)N2CCCN(CCCN3CCCCC3)c3ccccc32)c1)c1ccccc1-c1ccccc1. The molecule has 2 amide bonds. The van der Waals surface area contributed by atoms with Crippen molar-refractivity contribution in [3.8, 4) is 11.1 Å². The molecule has 1 saturated heterocycles. The molecular formula is C38H42N4O2. The van der Waals surface area contributed by atoms with Crippen molar-refractivity contribution in [1.82, 2.24) is 10.2 Å². The molecule has 0 atom stereocenters. The minimum Gasteiger partial charge on any atom is -0.370 e. The van der Waals surface area contributed by atoms with Crippen molar-refractivity contribution in [2.24, 2.45) is 0 Å². The molecule has 2 aliphatic rings. The monoisotopic (exact) mass is 586 g/mol. The predicted molar refractivity (Wildman–Crippen MR) is 179 cm³/mol. The first kappa shape index (κ1) is 29.6. The number of carbonyl (C=O) groups is 2. The second kappa shape index (κ2) is 14.4. The van der Waals surface area contributed by atoms with Gasteiger partial charge in [0.15, 0.2) is 0 Å². The highest BCUT2D eigenvalue weighted by Gasteiger charge is 2.26. The molecule has 4 aromatic rings. The van der Waals surface area contributed by atoms with E-state index in [1.165, 1.54) is 32.4 Å². The summed E-state index contributed by atoms with van der Waals surface area (Å²) in [6.45, 7) is 6.54. The minimum absolute atomic E-state index is 0.00443. The summed E-state index contributed by atoms with van der Waals surface area (Å²) in [5.41, 5.74) is 6.17. The number of carbonyl (C=O) groups excluding carboxylic acids is 2. The fourth-order valence-corrected chi connectivity index (χ4v) is 6.53. The van der Waals surface area contributed by atoms with Crippen molar-refractivity contribution >= 4 is 23.2 Å². The van der Waals surface area contributed by atoms with E-state index in [4.69, 9.17) is 0 Å². The van der Waals surface area contributed by atoms with E-state index in [0.29, 0.717) is 24.2 Å². The van der Waals surface area contributed by atoms with Crippen LogP contribution in [0.2, 0.25) is 0 Å². The van der Waals surface area contributed by atoms with E-state index < -0.39 is 0 Å². The molecule has 226 valence electrons. The molecule has 0 saturated carbocycles. The molecule has 0 aromatic heterocycles. The first-order valence-corrected chi connectivity index (χ1v) is 16.1. The number of amides is 2. The zero-order chi connectivity index (χ0) is 30.1. The molecular weight excluding hydrogens is 544 g/mol. The Morgan fingerprint density at radius 1 is 0.659 bits per heavy atom. The molecule has 2 aliphatic heterocycles. The number of hydrogen-bond acceptors (Lipinski definition) is 4. The van der Waals surface area contributed by atoms with Gasteiger partial charge in [0.2, 0.25) is 0 Å². The summed E-state index contributed by atoms with van der Waals surface area (Å²) >= 11 is 0. The van der Waals surface area contributed by atoms with E-state index in [0.717, 1.165) is 60.5 Å². The molecule has 0 aliphatic carbocycles. The molecule has 4 aromatic carbocycles. The Bertz CT molecular complexity index is 1560. The van der Waals surface area contributed by atoms with Gasteiger partial charge in [0, 0.05) is 37.3 Å². The summed E-state index contributed by atoms with van der Waals surface area (Å²) in [6.07, 6.45) is 6.05. The molecule has 0 spiro atoms. The van der Waals surface area contributed by atoms with Crippen LogP contribution < -0.4 is 15.1 Å². The summed E-state index contributed by atoms with van der Waals surface area (Å²) in [4.78, 5) is 34.2. The van der Waals surface area contributed by atoms with Crippen LogP contribution in [0.15, 0.2) is 103 Å². The highest BCUT2D eigenvalue weighted by Crippen LogP contribution is 2.33. The van der Waals surface area contributed by atoms with Gasteiger partial charge in [-0.3, -0.25) is 9.59 Å². The molecule has 0 bridgehead atoms. The Labute approximate surface area is 261 Å². The highest BCUT2D eigenvalue weighted by molar-refractivity contribution is 6.08. The van der Waals surface area contributed by atoms with Crippen LogP contribution in [0, 0.1) is 0 Å². The molecule has 6 rings (SSSR count). The second-order valence-electron chi connectivity index (χ2n) is 11.8. The van der Waals surface area contributed by atoms with Gasteiger partial charge in [-0.25, -0.2) is 0 Å². The number of piperidine rings is 1. The van der Waals surface area contributed by atoms with Gasteiger partial charge in [-0.05, 0) is 92.3 Å². The zero-order valence-electron chi connectivity index (χ0n) is 25.5. The van der Waals surface area contributed by atoms with Gasteiger partial charge in [-0.2, -0.15) is 0 Å². The van der Waals surface area contributed by atoms with Gasteiger partial charge in [-0.1, -0.05) is 79.2 Å². The molecule has 6 heteroatoms. The maximum Gasteiger partial charge on any atom is 0.258 e. The van der Waals surface area contributed by atoms with Gasteiger partial charge in [0.1, 0.15) is 0 Å². The number of benzene rings is 4. The van der Waals surface area contributed by atoms with E-state index in [1.54, 1.807) is 0 Å². The lowest BCUT2D eigenvalue weighted by atomic mass is 9.99. The third-order valence-corrected chi connectivity index (χ3v) is 8.80.